The van der Waals surface area contributed by atoms with E-state index in [1.54, 1.807) is 7.11 Å². The summed E-state index contributed by atoms with van der Waals surface area (Å²) in [4.78, 5) is 0. The number of ether oxygens (including phenoxy) is 2. The lowest BCUT2D eigenvalue weighted by atomic mass is 10.1. The van der Waals surface area contributed by atoms with E-state index in [1.165, 1.54) is 25.9 Å². The normalized spacial score (nSPS) is 23.2. The van der Waals surface area contributed by atoms with Crippen LogP contribution in [0.4, 0.5) is 0 Å². The quantitative estimate of drug-likeness (QED) is 0.598. The number of rotatable bonds is 6. The van der Waals surface area contributed by atoms with E-state index in [9.17, 15) is 0 Å². The van der Waals surface area contributed by atoms with Crippen molar-refractivity contribution in [3.8, 4) is 0 Å². The Kier molecular flexibility index (Phi) is 5.32. The van der Waals surface area contributed by atoms with Gasteiger partial charge in [0, 0.05) is 13.7 Å². The Labute approximate surface area is 74.4 Å². The number of hydrogen-bond acceptors (Lipinski definition) is 3. The summed E-state index contributed by atoms with van der Waals surface area (Å²) in [5.74, 6) is 0.840. The second-order valence-electron chi connectivity index (χ2n) is 3.25. The molecule has 0 bridgehead atoms. The Morgan fingerprint density at radius 2 is 2.25 bits per heavy atom. The molecule has 1 rings (SSSR count). The first kappa shape index (κ1) is 9.96. The van der Waals surface area contributed by atoms with Crippen LogP contribution in [0.3, 0.4) is 0 Å². The molecule has 1 N–H and O–H groups in total. The molecule has 1 fully saturated rings. The van der Waals surface area contributed by atoms with Gasteiger partial charge < -0.3 is 14.8 Å². The standard InChI is InChI=1S/C9H19NO2/c1-11-6-7-12-5-3-9-2-4-10-8-9/h9-10H,2-8H2,1H3. The van der Waals surface area contributed by atoms with Crippen molar-refractivity contribution in [3.05, 3.63) is 0 Å². The van der Waals surface area contributed by atoms with Crippen molar-refractivity contribution < 1.29 is 9.47 Å². The van der Waals surface area contributed by atoms with Gasteiger partial charge >= 0.3 is 0 Å². The molecule has 1 atom stereocenters. The molecule has 3 heteroatoms. The highest BCUT2D eigenvalue weighted by molar-refractivity contribution is 4.70. The fourth-order valence-electron chi connectivity index (χ4n) is 1.46. The largest absolute Gasteiger partial charge is 0.382 e. The minimum Gasteiger partial charge on any atom is -0.382 e. The fourth-order valence-corrected chi connectivity index (χ4v) is 1.46. The maximum Gasteiger partial charge on any atom is 0.0700 e. The van der Waals surface area contributed by atoms with Crippen molar-refractivity contribution in [1.29, 1.82) is 0 Å². The van der Waals surface area contributed by atoms with Crippen LogP contribution in [0.15, 0.2) is 0 Å². The summed E-state index contributed by atoms with van der Waals surface area (Å²) in [6.45, 7) is 4.69. The van der Waals surface area contributed by atoms with Crippen LogP contribution in [-0.2, 0) is 9.47 Å². The highest BCUT2D eigenvalue weighted by Gasteiger charge is 2.13. The lowest BCUT2D eigenvalue weighted by Crippen LogP contribution is -2.11. The molecule has 1 aliphatic heterocycles. The van der Waals surface area contributed by atoms with Gasteiger partial charge in [-0.3, -0.25) is 0 Å². The molecule has 12 heavy (non-hydrogen) atoms. The average Bonchev–Trinajstić information content (AvgIpc) is 2.57. The third-order valence-corrected chi connectivity index (χ3v) is 2.26. The van der Waals surface area contributed by atoms with Crippen LogP contribution in [0.5, 0.6) is 0 Å². The topological polar surface area (TPSA) is 30.5 Å². The first-order valence-corrected chi connectivity index (χ1v) is 4.71. The average molecular weight is 173 g/mol. The van der Waals surface area contributed by atoms with Crippen LogP contribution in [0.25, 0.3) is 0 Å². The molecule has 1 heterocycles. The summed E-state index contributed by atoms with van der Waals surface area (Å²) in [5, 5.41) is 3.34. The highest BCUT2D eigenvalue weighted by atomic mass is 16.5. The predicted octanol–water partition coefficient (Wildman–Crippen LogP) is 0.649. The van der Waals surface area contributed by atoms with Crippen molar-refractivity contribution in [1.82, 2.24) is 5.32 Å². The summed E-state index contributed by atoms with van der Waals surface area (Å²) >= 11 is 0. The number of nitrogens with one attached hydrogen (secondary N) is 1. The second kappa shape index (κ2) is 6.40. The van der Waals surface area contributed by atoms with Gasteiger partial charge in [-0.25, -0.2) is 0 Å². The molecule has 0 aromatic heterocycles. The van der Waals surface area contributed by atoms with Crippen molar-refractivity contribution in [2.75, 3.05) is 40.0 Å². The van der Waals surface area contributed by atoms with E-state index >= 15 is 0 Å². The minimum atomic E-state index is 0.711. The van der Waals surface area contributed by atoms with Gasteiger partial charge in [0.25, 0.3) is 0 Å². The zero-order valence-corrected chi connectivity index (χ0v) is 7.84. The molecule has 0 aromatic rings. The van der Waals surface area contributed by atoms with E-state index in [0.29, 0.717) is 6.61 Å². The smallest absolute Gasteiger partial charge is 0.0700 e. The molecular weight excluding hydrogens is 154 g/mol. The van der Waals surface area contributed by atoms with Gasteiger partial charge in [0.1, 0.15) is 0 Å². The maximum absolute atomic E-state index is 5.38. The molecule has 72 valence electrons. The lowest BCUT2D eigenvalue weighted by molar-refractivity contribution is 0.0646. The Bertz CT molecular complexity index is 103. The van der Waals surface area contributed by atoms with E-state index in [0.717, 1.165) is 19.1 Å². The molecule has 0 aliphatic carbocycles. The molecule has 3 nitrogen and oxygen atoms in total. The first-order chi connectivity index (χ1) is 5.93. The van der Waals surface area contributed by atoms with E-state index in [4.69, 9.17) is 9.47 Å². The summed E-state index contributed by atoms with van der Waals surface area (Å²) in [5.41, 5.74) is 0. The molecule has 0 saturated carbocycles. The summed E-state index contributed by atoms with van der Waals surface area (Å²) in [6.07, 6.45) is 2.50. The monoisotopic (exact) mass is 173 g/mol. The molecule has 0 radical (unpaired) electrons. The third kappa shape index (κ3) is 4.04. The first-order valence-electron chi connectivity index (χ1n) is 4.71. The number of methoxy groups -OCH3 is 1. The van der Waals surface area contributed by atoms with Crippen LogP contribution in [-0.4, -0.2) is 40.0 Å². The third-order valence-electron chi connectivity index (χ3n) is 2.26. The van der Waals surface area contributed by atoms with Gasteiger partial charge in [-0.15, -0.1) is 0 Å². The molecular formula is C9H19NO2. The van der Waals surface area contributed by atoms with Gasteiger partial charge in [0.15, 0.2) is 0 Å². The van der Waals surface area contributed by atoms with Gasteiger partial charge in [-0.2, -0.15) is 0 Å². The van der Waals surface area contributed by atoms with E-state index in [2.05, 4.69) is 5.32 Å². The van der Waals surface area contributed by atoms with Crippen LogP contribution in [0.2, 0.25) is 0 Å². The molecule has 0 amide bonds. The van der Waals surface area contributed by atoms with Crippen molar-refractivity contribution in [2.24, 2.45) is 5.92 Å². The van der Waals surface area contributed by atoms with Gasteiger partial charge in [-0.1, -0.05) is 0 Å². The number of hydrogen-bond donors (Lipinski definition) is 1. The van der Waals surface area contributed by atoms with Crippen LogP contribution in [0, 0.1) is 5.92 Å². The Morgan fingerprint density at radius 3 is 2.92 bits per heavy atom. The Hall–Kier alpha value is -0.120. The molecule has 1 aliphatic rings. The van der Waals surface area contributed by atoms with Crippen molar-refractivity contribution in [3.63, 3.8) is 0 Å². The SMILES string of the molecule is COCCOCCC1CCNC1. The van der Waals surface area contributed by atoms with E-state index < -0.39 is 0 Å². The maximum atomic E-state index is 5.38. The van der Waals surface area contributed by atoms with Gasteiger partial charge in [-0.05, 0) is 31.8 Å². The van der Waals surface area contributed by atoms with Gasteiger partial charge in [0.05, 0.1) is 13.2 Å². The predicted molar refractivity (Wildman–Crippen MR) is 48.3 cm³/mol. The van der Waals surface area contributed by atoms with Crippen molar-refractivity contribution >= 4 is 0 Å². The van der Waals surface area contributed by atoms with Crippen LogP contribution >= 0.6 is 0 Å². The molecule has 1 unspecified atom stereocenters. The molecule has 0 aromatic carbocycles. The van der Waals surface area contributed by atoms with Crippen LogP contribution in [0.1, 0.15) is 12.8 Å². The lowest BCUT2D eigenvalue weighted by Gasteiger charge is -2.07. The summed E-state index contributed by atoms with van der Waals surface area (Å²) in [6, 6.07) is 0. The zero-order valence-electron chi connectivity index (χ0n) is 7.84. The Morgan fingerprint density at radius 1 is 1.33 bits per heavy atom. The van der Waals surface area contributed by atoms with E-state index in [1.807, 2.05) is 0 Å². The fraction of sp³-hybridized carbons (Fsp3) is 1.00. The van der Waals surface area contributed by atoms with E-state index in [-0.39, 0.29) is 0 Å². The summed E-state index contributed by atoms with van der Waals surface area (Å²) in [7, 11) is 1.70. The Balaban J connectivity index is 1.81. The molecule has 0 spiro atoms. The minimum absolute atomic E-state index is 0.711. The van der Waals surface area contributed by atoms with Crippen molar-refractivity contribution in [2.45, 2.75) is 12.8 Å². The summed E-state index contributed by atoms with van der Waals surface area (Å²) < 4.78 is 10.3. The zero-order chi connectivity index (χ0) is 8.65. The van der Waals surface area contributed by atoms with Crippen LogP contribution < -0.4 is 5.32 Å². The molecule has 1 saturated heterocycles. The van der Waals surface area contributed by atoms with Gasteiger partial charge in [0.2, 0.25) is 0 Å². The highest BCUT2D eigenvalue weighted by Crippen LogP contribution is 2.11. The second-order valence-corrected chi connectivity index (χ2v) is 3.25.